The Morgan fingerprint density at radius 1 is 0.838 bits per heavy atom. The number of nitrogens with one attached hydrogen (secondary N) is 1. The van der Waals surface area contributed by atoms with Crippen LogP contribution in [0.15, 0.2) is 72.8 Å². The molecule has 6 heteroatoms. The number of rotatable bonds is 13. The van der Waals surface area contributed by atoms with Crippen LogP contribution in [-0.4, -0.2) is 36.7 Å². The highest BCUT2D eigenvalue weighted by Gasteiger charge is 2.20. The molecule has 37 heavy (non-hydrogen) atoms. The van der Waals surface area contributed by atoms with E-state index in [0.29, 0.717) is 25.1 Å². The number of amides is 1. The van der Waals surface area contributed by atoms with Gasteiger partial charge in [-0.05, 0) is 86.4 Å². The highest BCUT2D eigenvalue weighted by Crippen LogP contribution is 2.27. The van der Waals surface area contributed by atoms with E-state index in [1.165, 1.54) is 5.56 Å². The number of hydrogen-bond donors (Lipinski definition) is 2. The first-order valence-electron chi connectivity index (χ1n) is 13.3. The number of anilines is 2. The molecule has 0 unspecified atom stereocenters. The van der Waals surface area contributed by atoms with Crippen molar-refractivity contribution in [3.05, 3.63) is 89.5 Å². The number of carboxylic acid groups (broad SMARTS) is 1. The van der Waals surface area contributed by atoms with Crippen LogP contribution in [0.5, 0.6) is 5.75 Å². The van der Waals surface area contributed by atoms with Crippen LogP contribution in [0.3, 0.4) is 0 Å². The molecule has 6 nitrogen and oxygen atoms in total. The van der Waals surface area contributed by atoms with Crippen LogP contribution in [0, 0.1) is 0 Å². The van der Waals surface area contributed by atoms with Gasteiger partial charge in [0.1, 0.15) is 5.75 Å². The molecule has 1 aliphatic heterocycles. The number of carbonyl (C=O) groups excluding carboxylic acids is 1. The maximum atomic E-state index is 12.5. The van der Waals surface area contributed by atoms with Crippen molar-refractivity contribution in [2.45, 2.75) is 51.4 Å². The molecule has 0 radical (unpaired) electrons. The minimum atomic E-state index is -0.979. The molecule has 1 saturated heterocycles. The summed E-state index contributed by atoms with van der Waals surface area (Å²) >= 11 is 0. The fourth-order valence-electron chi connectivity index (χ4n) is 4.70. The summed E-state index contributed by atoms with van der Waals surface area (Å²) in [4.78, 5) is 26.4. The number of nitrogens with zero attached hydrogens (tertiary/aromatic N) is 1. The minimum absolute atomic E-state index is 0.138. The quantitative estimate of drug-likeness (QED) is 0.268. The van der Waals surface area contributed by atoms with Crippen LogP contribution in [-0.2, 0) is 17.6 Å². The van der Waals surface area contributed by atoms with Gasteiger partial charge in [-0.3, -0.25) is 4.79 Å². The molecule has 0 bridgehead atoms. The molecule has 4 rings (SSSR count). The van der Waals surface area contributed by atoms with Crippen LogP contribution in [0.25, 0.3) is 0 Å². The number of aromatic carboxylic acids is 1. The van der Waals surface area contributed by atoms with Crippen molar-refractivity contribution in [1.29, 1.82) is 0 Å². The van der Waals surface area contributed by atoms with Gasteiger partial charge in [-0.2, -0.15) is 0 Å². The van der Waals surface area contributed by atoms with E-state index in [-0.39, 0.29) is 11.5 Å². The zero-order valence-corrected chi connectivity index (χ0v) is 21.3. The van der Waals surface area contributed by atoms with Crippen molar-refractivity contribution >= 4 is 23.3 Å². The molecule has 0 spiro atoms. The maximum absolute atomic E-state index is 12.5. The van der Waals surface area contributed by atoms with Crippen LogP contribution in [0.2, 0.25) is 0 Å². The number of benzene rings is 3. The Labute approximate surface area is 219 Å². The zero-order valence-electron chi connectivity index (χ0n) is 21.3. The molecule has 0 aliphatic carbocycles. The van der Waals surface area contributed by atoms with Gasteiger partial charge in [-0.15, -0.1) is 0 Å². The average molecular weight is 501 g/mol. The number of ether oxygens (including phenoxy) is 1. The Morgan fingerprint density at radius 3 is 2.30 bits per heavy atom. The summed E-state index contributed by atoms with van der Waals surface area (Å²) in [6.07, 6.45) is 7.48. The lowest BCUT2D eigenvalue weighted by atomic mass is 10.1. The van der Waals surface area contributed by atoms with Crippen LogP contribution < -0.4 is 15.0 Å². The lowest BCUT2D eigenvalue weighted by Gasteiger charge is -2.20. The number of carbonyl (C=O) groups is 2. The molecule has 2 N–H and O–H groups in total. The van der Waals surface area contributed by atoms with Gasteiger partial charge in [0.25, 0.3) is 0 Å². The van der Waals surface area contributed by atoms with Gasteiger partial charge in [-0.1, -0.05) is 42.5 Å². The molecule has 194 valence electrons. The van der Waals surface area contributed by atoms with E-state index in [1.54, 1.807) is 18.2 Å². The van der Waals surface area contributed by atoms with E-state index in [2.05, 4.69) is 34.5 Å². The number of unbranched alkanes of at least 4 members (excludes halogenated alkanes) is 2. The van der Waals surface area contributed by atoms with Crippen molar-refractivity contribution in [2.75, 3.05) is 29.9 Å². The second-order valence-electron chi connectivity index (χ2n) is 9.57. The largest absolute Gasteiger partial charge is 0.494 e. The Balaban J connectivity index is 1.17. The second kappa shape index (κ2) is 13.5. The first-order chi connectivity index (χ1) is 18.1. The normalized spacial score (nSPS) is 12.9. The molecule has 1 amide bonds. The fourth-order valence-corrected chi connectivity index (χ4v) is 4.70. The van der Waals surface area contributed by atoms with Crippen molar-refractivity contribution in [3.8, 4) is 5.75 Å². The van der Waals surface area contributed by atoms with Gasteiger partial charge in [0, 0.05) is 25.2 Å². The molecule has 1 aliphatic rings. The summed E-state index contributed by atoms with van der Waals surface area (Å²) in [5, 5.41) is 12.5. The van der Waals surface area contributed by atoms with E-state index < -0.39 is 5.97 Å². The highest BCUT2D eigenvalue weighted by atomic mass is 16.5. The van der Waals surface area contributed by atoms with Gasteiger partial charge in [-0.25, -0.2) is 4.79 Å². The minimum Gasteiger partial charge on any atom is -0.494 e. The number of carboxylic acids is 1. The maximum Gasteiger partial charge on any atom is 0.337 e. The van der Waals surface area contributed by atoms with E-state index >= 15 is 0 Å². The molecule has 3 aromatic carbocycles. The van der Waals surface area contributed by atoms with E-state index in [1.807, 2.05) is 30.3 Å². The number of aryl methyl sites for hydroxylation is 2. The van der Waals surface area contributed by atoms with Crippen molar-refractivity contribution < 1.29 is 19.4 Å². The predicted molar refractivity (Wildman–Crippen MR) is 148 cm³/mol. The van der Waals surface area contributed by atoms with Gasteiger partial charge >= 0.3 is 5.97 Å². The van der Waals surface area contributed by atoms with Crippen LogP contribution >= 0.6 is 0 Å². The fraction of sp³-hybridized carbons (Fsp3) is 0.355. The summed E-state index contributed by atoms with van der Waals surface area (Å²) in [5.41, 5.74) is 3.90. The molecule has 3 aromatic rings. The first kappa shape index (κ1) is 26.3. The topological polar surface area (TPSA) is 78.9 Å². The monoisotopic (exact) mass is 500 g/mol. The molecular weight excluding hydrogens is 464 g/mol. The van der Waals surface area contributed by atoms with Crippen molar-refractivity contribution in [3.63, 3.8) is 0 Å². The molecule has 0 saturated carbocycles. The summed E-state index contributed by atoms with van der Waals surface area (Å²) < 4.78 is 5.86. The summed E-state index contributed by atoms with van der Waals surface area (Å²) in [5.74, 6) is -0.274. The predicted octanol–water partition coefficient (Wildman–Crippen LogP) is 6.35. The summed E-state index contributed by atoms with van der Waals surface area (Å²) in [6.45, 7) is 2.43. The van der Waals surface area contributed by atoms with Gasteiger partial charge in [0.15, 0.2) is 0 Å². The van der Waals surface area contributed by atoms with Crippen molar-refractivity contribution in [2.24, 2.45) is 0 Å². The Hall–Kier alpha value is -3.80. The molecule has 1 heterocycles. The molecular formula is C31H36N2O4. The van der Waals surface area contributed by atoms with E-state index in [0.717, 1.165) is 68.6 Å². The Bertz CT molecular complexity index is 1160. The van der Waals surface area contributed by atoms with Gasteiger partial charge in [0.2, 0.25) is 5.91 Å². The highest BCUT2D eigenvalue weighted by molar-refractivity contribution is 5.98. The van der Waals surface area contributed by atoms with E-state index in [4.69, 9.17) is 4.74 Å². The smallest absolute Gasteiger partial charge is 0.337 e. The summed E-state index contributed by atoms with van der Waals surface area (Å²) in [6, 6.07) is 23.6. The lowest BCUT2D eigenvalue weighted by Crippen LogP contribution is -2.21. The van der Waals surface area contributed by atoms with Gasteiger partial charge in [0.05, 0.1) is 17.9 Å². The third kappa shape index (κ3) is 8.10. The zero-order chi connectivity index (χ0) is 25.9. The third-order valence-corrected chi connectivity index (χ3v) is 6.74. The van der Waals surface area contributed by atoms with Crippen LogP contribution in [0.1, 0.15) is 60.0 Å². The Morgan fingerprint density at radius 2 is 1.57 bits per heavy atom. The van der Waals surface area contributed by atoms with Crippen LogP contribution in [0.4, 0.5) is 11.4 Å². The van der Waals surface area contributed by atoms with Crippen molar-refractivity contribution in [1.82, 2.24) is 0 Å². The summed E-state index contributed by atoms with van der Waals surface area (Å²) in [7, 11) is 0. The standard InChI is InChI=1S/C31H36N2O4/c34-30(32-26-15-18-29(28(23-26)31(35)36)33-20-6-7-21-33)19-14-25-12-16-27(17-13-25)37-22-8-2-5-11-24-9-3-1-4-10-24/h1,3-4,9-10,12-13,15-18,23H,2,5-8,11,14,19-22H2,(H,32,34)(H,35,36). The van der Waals surface area contributed by atoms with E-state index in [9.17, 15) is 14.7 Å². The van der Waals surface area contributed by atoms with Gasteiger partial charge < -0.3 is 20.1 Å². The molecule has 0 atom stereocenters. The molecule has 1 fully saturated rings. The third-order valence-electron chi connectivity index (χ3n) is 6.74. The second-order valence-corrected chi connectivity index (χ2v) is 9.57. The SMILES string of the molecule is O=C(CCc1ccc(OCCCCCc2ccccc2)cc1)Nc1ccc(N2CCCC2)c(C(=O)O)c1. The molecule has 0 aromatic heterocycles. The Kier molecular flexibility index (Phi) is 9.58. The average Bonchev–Trinajstić information content (AvgIpc) is 3.45. The number of hydrogen-bond acceptors (Lipinski definition) is 4. The first-order valence-corrected chi connectivity index (χ1v) is 13.3. The lowest BCUT2D eigenvalue weighted by molar-refractivity contribution is -0.116.